The van der Waals surface area contributed by atoms with Crippen LogP contribution in [0.1, 0.15) is 28.4 Å². The molecule has 5 nitrogen and oxygen atoms in total. The number of amides is 1. The van der Waals surface area contributed by atoms with Gasteiger partial charge in [0.1, 0.15) is 11.2 Å². The number of nitrogens with one attached hydrogen (secondary N) is 1. The number of aromatic nitrogens is 2. The minimum atomic E-state index is -0.406. The van der Waals surface area contributed by atoms with Crippen molar-refractivity contribution in [3.05, 3.63) is 69.6 Å². The van der Waals surface area contributed by atoms with E-state index in [1.807, 2.05) is 45.0 Å². The number of hydrogen-bond donors (Lipinski definition) is 1. The van der Waals surface area contributed by atoms with Crippen molar-refractivity contribution >= 4 is 22.6 Å². The smallest absolute Gasteiger partial charge is 0.265 e. The highest BCUT2D eigenvalue weighted by Crippen LogP contribution is 2.16. The summed E-state index contributed by atoms with van der Waals surface area (Å²) < 4.78 is 1.52. The average molecular weight is 321 g/mol. The van der Waals surface area contributed by atoms with Gasteiger partial charge in [0, 0.05) is 23.8 Å². The van der Waals surface area contributed by atoms with E-state index in [1.54, 1.807) is 18.3 Å². The molecule has 3 aromatic rings. The Balaban J connectivity index is 2.05. The van der Waals surface area contributed by atoms with Crippen LogP contribution in [0.4, 0.5) is 5.69 Å². The fourth-order valence-corrected chi connectivity index (χ4v) is 2.68. The van der Waals surface area contributed by atoms with Gasteiger partial charge in [0.2, 0.25) is 0 Å². The molecule has 3 rings (SSSR count). The van der Waals surface area contributed by atoms with E-state index in [1.165, 1.54) is 4.57 Å². The van der Waals surface area contributed by atoms with Crippen molar-refractivity contribution in [1.29, 1.82) is 0 Å². The summed E-state index contributed by atoms with van der Waals surface area (Å²) in [5.74, 6) is -0.406. The molecule has 0 unspecified atom stereocenters. The highest BCUT2D eigenvalue weighted by atomic mass is 16.2. The predicted octanol–water partition coefficient (Wildman–Crippen LogP) is 3.29. The molecule has 0 atom stereocenters. The van der Waals surface area contributed by atoms with E-state index >= 15 is 0 Å². The van der Waals surface area contributed by atoms with Gasteiger partial charge >= 0.3 is 0 Å². The van der Waals surface area contributed by atoms with Gasteiger partial charge in [-0.05, 0) is 62.2 Å². The van der Waals surface area contributed by atoms with Crippen LogP contribution in [0.2, 0.25) is 0 Å². The number of rotatable bonds is 3. The Morgan fingerprint density at radius 1 is 1.17 bits per heavy atom. The van der Waals surface area contributed by atoms with Crippen molar-refractivity contribution in [2.75, 3.05) is 5.32 Å². The van der Waals surface area contributed by atoms with Gasteiger partial charge in [-0.3, -0.25) is 14.2 Å². The molecule has 0 bridgehead atoms. The Bertz CT molecular complexity index is 990. The molecular weight excluding hydrogens is 302 g/mol. The van der Waals surface area contributed by atoms with E-state index in [0.717, 1.165) is 16.5 Å². The first-order valence-corrected chi connectivity index (χ1v) is 7.88. The SMILES string of the molecule is CCn1c(=O)c(C(=O)Nc2ccc(C)c(C)c2)cc2cccnc21. The first-order valence-electron chi connectivity index (χ1n) is 7.88. The number of pyridine rings is 2. The van der Waals surface area contributed by atoms with Crippen molar-refractivity contribution in [3.63, 3.8) is 0 Å². The fraction of sp³-hybridized carbons (Fsp3) is 0.211. The molecule has 0 fully saturated rings. The molecule has 2 heterocycles. The molecule has 1 N–H and O–H groups in total. The second-order valence-corrected chi connectivity index (χ2v) is 5.78. The van der Waals surface area contributed by atoms with Gasteiger partial charge in [-0.2, -0.15) is 0 Å². The first-order chi connectivity index (χ1) is 11.5. The standard InChI is InChI=1S/C19H19N3O2/c1-4-22-17-14(6-5-9-20-17)11-16(19(22)24)18(23)21-15-8-7-12(2)13(3)10-15/h5-11H,4H2,1-3H3,(H,21,23). The zero-order valence-electron chi connectivity index (χ0n) is 14.0. The van der Waals surface area contributed by atoms with Crippen LogP contribution in [0.15, 0.2) is 47.4 Å². The molecule has 0 radical (unpaired) electrons. The minimum Gasteiger partial charge on any atom is -0.322 e. The van der Waals surface area contributed by atoms with Gasteiger partial charge < -0.3 is 5.32 Å². The van der Waals surface area contributed by atoms with Gasteiger partial charge in [0.15, 0.2) is 0 Å². The monoisotopic (exact) mass is 321 g/mol. The van der Waals surface area contributed by atoms with Gasteiger partial charge in [0.05, 0.1) is 0 Å². The second kappa shape index (κ2) is 6.28. The lowest BCUT2D eigenvalue weighted by Crippen LogP contribution is -2.29. The van der Waals surface area contributed by atoms with Crippen molar-refractivity contribution < 1.29 is 4.79 Å². The zero-order valence-corrected chi connectivity index (χ0v) is 14.0. The van der Waals surface area contributed by atoms with Crippen LogP contribution >= 0.6 is 0 Å². The summed E-state index contributed by atoms with van der Waals surface area (Å²) >= 11 is 0. The molecule has 0 saturated carbocycles. The largest absolute Gasteiger partial charge is 0.322 e. The van der Waals surface area contributed by atoms with Gasteiger partial charge in [-0.25, -0.2) is 4.98 Å². The number of fused-ring (bicyclic) bond motifs is 1. The summed E-state index contributed by atoms with van der Waals surface area (Å²) in [7, 11) is 0. The quantitative estimate of drug-likeness (QED) is 0.805. The third-order valence-electron chi connectivity index (χ3n) is 4.17. The molecular formula is C19H19N3O2. The fourth-order valence-electron chi connectivity index (χ4n) is 2.68. The maximum atomic E-state index is 12.6. The lowest BCUT2D eigenvalue weighted by atomic mass is 10.1. The van der Waals surface area contributed by atoms with E-state index < -0.39 is 5.91 Å². The van der Waals surface area contributed by atoms with Crippen LogP contribution in [0.25, 0.3) is 11.0 Å². The van der Waals surface area contributed by atoms with Crippen LogP contribution in [-0.2, 0) is 6.54 Å². The number of hydrogen-bond acceptors (Lipinski definition) is 3. The molecule has 5 heteroatoms. The predicted molar refractivity (Wildman–Crippen MR) is 95.5 cm³/mol. The zero-order chi connectivity index (χ0) is 17.3. The molecule has 122 valence electrons. The van der Waals surface area contributed by atoms with Crippen LogP contribution in [0, 0.1) is 13.8 Å². The summed E-state index contributed by atoms with van der Waals surface area (Å²) in [5.41, 5.74) is 3.30. The van der Waals surface area contributed by atoms with Crippen LogP contribution in [0.5, 0.6) is 0 Å². The first kappa shape index (κ1) is 15.9. The molecule has 2 aromatic heterocycles. The molecule has 0 aliphatic heterocycles. The topological polar surface area (TPSA) is 64.0 Å². The molecule has 1 aromatic carbocycles. The molecule has 1 amide bonds. The highest BCUT2D eigenvalue weighted by Gasteiger charge is 2.16. The number of nitrogens with zero attached hydrogens (tertiary/aromatic N) is 2. The molecule has 0 aliphatic carbocycles. The Morgan fingerprint density at radius 2 is 1.96 bits per heavy atom. The molecule has 0 saturated heterocycles. The molecule has 24 heavy (non-hydrogen) atoms. The van der Waals surface area contributed by atoms with Crippen LogP contribution in [0.3, 0.4) is 0 Å². The van der Waals surface area contributed by atoms with E-state index in [-0.39, 0.29) is 11.1 Å². The summed E-state index contributed by atoms with van der Waals surface area (Å²) in [4.78, 5) is 29.5. The number of benzene rings is 1. The highest BCUT2D eigenvalue weighted by molar-refractivity contribution is 6.05. The van der Waals surface area contributed by atoms with Gasteiger partial charge in [-0.1, -0.05) is 6.07 Å². The third kappa shape index (κ3) is 2.80. The lowest BCUT2D eigenvalue weighted by Gasteiger charge is -2.11. The van der Waals surface area contributed by atoms with E-state index in [9.17, 15) is 9.59 Å². The van der Waals surface area contributed by atoms with Gasteiger partial charge in [0.25, 0.3) is 11.5 Å². The Morgan fingerprint density at radius 3 is 2.67 bits per heavy atom. The second-order valence-electron chi connectivity index (χ2n) is 5.78. The van der Waals surface area contributed by atoms with Crippen molar-refractivity contribution in [2.45, 2.75) is 27.3 Å². The normalized spacial score (nSPS) is 10.8. The molecule has 0 spiro atoms. The van der Waals surface area contributed by atoms with Crippen LogP contribution < -0.4 is 10.9 Å². The van der Waals surface area contributed by atoms with Crippen molar-refractivity contribution in [2.24, 2.45) is 0 Å². The maximum Gasteiger partial charge on any atom is 0.265 e. The van der Waals surface area contributed by atoms with Gasteiger partial charge in [-0.15, -0.1) is 0 Å². The van der Waals surface area contributed by atoms with E-state index in [4.69, 9.17) is 0 Å². The van der Waals surface area contributed by atoms with Crippen molar-refractivity contribution in [3.8, 4) is 0 Å². The number of carbonyl (C=O) groups excluding carboxylic acids is 1. The summed E-state index contributed by atoms with van der Waals surface area (Å²) in [6, 6.07) is 10.9. The Labute approximate surface area is 140 Å². The van der Waals surface area contributed by atoms with E-state index in [2.05, 4.69) is 10.3 Å². The number of aryl methyl sites for hydroxylation is 3. The Hall–Kier alpha value is -2.95. The van der Waals surface area contributed by atoms with Crippen LogP contribution in [-0.4, -0.2) is 15.5 Å². The average Bonchev–Trinajstić information content (AvgIpc) is 2.57. The summed E-state index contributed by atoms with van der Waals surface area (Å²) in [6.07, 6.45) is 1.64. The molecule has 0 aliphatic rings. The summed E-state index contributed by atoms with van der Waals surface area (Å²) in [5, 5.41) is 3.58. The number of carbonyl (C=O) groups is 1. The van der Waals surface area contributed by atoms with E-state index in [0.29, 0.717) is 17.9 Å². The third-order valence-corrected chi connectivity index (χ3v) is 4.17. The lowest BCUT2D eigenvalue weighted by molar-refractivity contribution is 0.102. The maximum absolute atomic E-state index is 12.6. The Kier molecular flexibility index (Phi) is 4.16. The summed E-state index contributed by atoms with van der Waals surface area (Å²) in [6.45, 7) is 6.31. The minimum absolute atomic E-state index is 0.121. The number of anilines is 1. The van der Waals surface area contributed by atoms with Crippen molar-refractivity contribution in [1.82, 2.24) is 9.55 Å².